The van der Waals surface area contributed by atoms with Gasteiger partial charge in [0.25, 0.3) is 0 Å². The summed E-state index contributed by atoms with van der Waals surface area (Å²) in [6.07, 6.45) is -0.798. The molecule has 3 aromatic rings. The Bertz CT molecular complexity index is 1110. The Morgan fingerprint density at radius 2 is 1.91 bits per heavy atom. The maximum atomic E-state index is 12.7. The summed E-state index contributed by atoms with van der Waals surface area (Å²) in [4.78, 5) is 38.1. The zero-order chi connectivity index (χ0) is 22.7. The van der Waals surface area contributed by atoms with E-state index in [0.29, 0.717) is 47.8 Å². The van der Waals surface area contributed by atoms with Gasteiger partial charge in [0.05, 0.1) is 30.1 Å². The molecule has 9 nitrogen and oxygen atoms in total. The van der Waals surface area contributed by atoms with Crippen LogP contribution in [0.15, 0.2) is 35.7 Å². The van der Waals surface area contributed by atoms with Gasteiger partial charge in [-0.1, -0.05) is 30.3 Å². The molecule has 0 aliphatic carbocycles. The highest BCUT2D eigenvalue weighted by Crippen LogP contribution is 2.33. The van der Waals surface area contributed by atoms with Gasteiger partial charge in [0, 0.05) is 31.6 Å². The summed E-state index contributed by atoms with van der Waals surface area (Å²) < 4.78 is 5.17. The number of aromatic nitrogens is 2. The maximum absolute atomic E-state index is 12.7. The van der Waals surface area contributed by atoms with Crippen molar-refractivity contribution in [1.29, 1.82) is 0 Å². The predicted molar refractivity (Wildman–Crippen MR) is 123 cm³/mol. The molecule has 4 rings (SSSR count). The number of fused-ring (bicyclic) bond motifs is 1. The number of anilines is 2. The SMILES string of the molecule is CCOC(=O)c1csc2nc(N)nc(N3CCN(C(=O)CC(O)c4ccccc4)CC3)c12. The number of hydrogen-bond donors (Lipinski definition) is 2. The molecular weight excluding hydrogens is 430 g/mol. The summed E-state index contributed by atoms with van der Waals surface area (Å²) in [5.74, 6) is 0.190. The fraction of sp³-hybridized carbons (Fsp3) is 0.364. The van der Waals surface area contributed by atoms with Crippen LogP contribution in [0.2, 0.25) is 0 Å². The number of thiophene rings is 1. The number of carbonyl (C=O) groups is 2. The van der Waals surface area contributed by atoms with Crippen LogP contribution in [-0.4, -0.2) is 64.6 Å². The maximum Gasteiger partial charge on any atom is 0.339 e. The van der Waals surface area contributed by atoms with Crippen molar-refractivity contribution in [3.8, 4) is 0 Å². The van der Waals surface area contributed by atoms with Gasteiger partial charge in [-0.25, -0.2) is 9.78 Å². The van der Waals surface area contributed by atoms with E-state index in [1.165, 1.54) is 11.3 Å². The third-order valence-electron chi connectivity index (χ3n) is 5.41. The van der Waals surface area contributed by atoms with E-state index in [2.05, 4.69) is 9.97 Å². The first-order valence-corrected chi connectivity index (χ1v) is 11.3. The van der Waals surface area contributed by atoms with Gasteiger partial charge in [-0.15, -0.1) is 11.3 Å². The number of aliphatic hydroxyl groups is 1. The largest absolute Gasteiger partial charge is 0.462 e. The molecule has 0 spiro atoms. The van der Waals surface area contributed by atoms with Crippen molar-refractivity contribution >= 4 is 45.2 Å². The number of piperazine rings is 1. The fourth-order valence-corrected chi connectivity index (χ4v) is 4.69. The van der Waals surface area contributed by atoms with Gasteiger partial charge in [-0.3, -0.25) is 4.79 Å². The lowest BCUT2D eigenvalue weighted by molar-refractivity contribution is -0.133. The first kappa shape index (κ1) is 22.0. The van der Waals surface area contributed by atoms with Crippen LogP contribution in [0.1, 0.15) is 35.4 Å². The van der Waals surface area contributed by atoms with E-state index in [9.17, 15) is 14.7 Å². The summed E-state index contributed by atoms with van der Waals surface area (Å²) in [7, 11) is 0. The number of rotatable bonds is 6. The number of ether oxygens (including phenoxy) is 1. The number of hydrogen-bond acceptors (Lipinski definition) is 9. The number of carbonyl (C=O) groups excluding carboxylic acids is 2. The van der Waals surface area contributed by atoms with Gasteiger partial charge in [-0.2, -0.15) is 4.98 Å². The number of benzene rings is 1. The molecule has 3 N–H and O–H groups in total. The van der Waals surface area contributed by atoms with Crippen molar-refractivity contribution in [1.82, 2.24) is 14.9 Å². The van der Waals surface area contributed by atoms with E-state index in [-0.39, 0.29) is 24.9 Å². The molecule has 10 heteroatoms. The zero-order valence-electron chi connectivity index (χ0n) is 17.7. The Labute approximate surface area is 189 Å². The minimum absolute atomic E-state index is 0.0340. The molecule has 168 valence electrons. The van der Waals surface area contributed by atoms with Gasteiger partial charge >= 0.3 is 5.97 Å². The number of nitrogens with zero attached hydrogens (tertiary/aromatic N) is 4. The third kappa shape index (κ3) is 4.51. The Kier molecular flexibility index (Phi) is 6.52. The van der Waals surface area contributed by atoms with Gasteiger partial charge in [-0.05, 0) is 12.5 Å². The second-order valence-corrected chi connectivity index (χ2v) is 8.31. The number of esters is 1. The lowest BCUT2D eigenvalue weighted by atomic mass is 10.1. The lowest BCUT2D eigenvalue weighted by Crippen LogP contribution is -2.49. The Morgan fingerprint density at radius 1 is 1.19 bits per heavy atom. The second-order valence-electron chi connectivity index (χ2n) is 7.45. The molecule has 2 aromatic heterocycles. The minimum Gasteiger partial charge on any atom is -0.462 e. The average molecular weight is 456 g/mol. The van der Waals surface area contributed by atoms with Gasteiger partial charge < -0.3 is 25.4 Å². The number of nitrogen functional groups attached to an aromatic ring is 1. The molecule has 0 radical (unpaired) electrons. The van der Waals surface area contributed by atoms with Gasteiger partial charge in [0.1, 0.15) is 10.6 Å². The van der Waals surface area contributed by atoms with E-state index in [1.807, 2.05) is 35.2 Å². The molecule has 3 heterocycles. The Hall–Kier alpha value is -3.24. The monoisotopic (exact) mass is 455 g/mol. The minimum atomic E-state index is -0.832. The molecule has 1 fully saturated rings. The third-order valence-corrected chi connectivity index (χ3v) is 6.28. The van der Waals surface area contributed by atoms with Crippen molar-refractivity contribution in [3.63, 3.8) is 0 Å². The van der Waals surface area contributed by atoms with E-state index in [4.69, 9.17) is 10.5 Å². The lowest BCUT2D eigenvalue weighted by Gasteiger charge is -2.36. The smallest absolute Gasteiger partial charge is 0.339 e. The topological polar surface area (TPSA) is 122 Å². The van der Waals surface area contributed by atoms with Crippen molar-refractivity contribution in [2.45, 2.75) is 19.4 Å². The predicted octanol–water partition coefficient (Wildman–Crippen LogP) is 2.22. The van der Waals surface area contributed by atoms with Crippen LogP contribution in [0.4, 0.5) is 11.8 Å². The fourth-order valence-electron chi connectivity index (χ4n) is 3.78. The van der Waals surface area contributed by atoms with Crippen molar-refractivity contribution in [2.75, 3.05) is 43.4 Å². The van der Waals surface area contributed by atoms with Crippen LogP contribution >= 0.6 is 11.3 Å². The normalized spacial score (nSPS) is 15.1. The average Bonchev–Trinajstić information content (AvgIpc) is 3.23. The Balaban J connectivity index is 1.47. The standard InChI is InChI=1S/C22H25N5O4S/c1-2-31-21(30)15-13-32-20-18(15)19(24-22(23)25-20)27-10-8-26(9-11-27)17(29)12-16(28)14-6-4-3-5-7-14/h3-7,13,16,28H,2,8-12H2,1H3,(H2,23,24,25). The van der Waals surface area contributed by atoms with Crippen LogP contribution < -0.4 is 10.6 Å². The molecule has 1 unspecified atom stereocenters. The highest BCUT2D eigenvalue weighted by atomic mass is 32.1. The van der Waals surface area contributed by atoms with E-state index in [0.717, 1.165) is 5.56 Å². The summed E-state index contributed by atoms with van der Waals surface area (Å²) >= 11 is 1.32. The summed E-state index contributed by atoms with van der Waals surface area (Å²) in [6.45, 7) is 4.03. The highest BCUT2D eigenvalue weighted by molar-refractivity contribution is 7.17. The molecule has 0 saturated carbocycles. The van der Waals surface area contributed by atoms with Crippen LogP contribution in [-0.2, 0) is 9.53 Å². The van der Waals surface area contributed by atoms with Gasteiger partial charge in [0.2, 0.25) is 11.9 Å². The molecule has 0 bridgehead atoms. The van der Waals surface area contributed by atoms with Crippen LogP contribution in [0.5, 0.6) is 0 Å². The Morgan fingerprint density at radius 3 is 2.59 bits per heavy atom. The van der Waals surface area contributed by atoms with E-state index < -0.39 is 12.1 Å². The number of nitrogens with two attached hydrogens (primary N) is 1. The quantitative estimate of drug-likeness (QED) is 0.543. The van der Waals surface area contributed by atoms with Crippen molar-refractivity contribution < 1.29 is 19.4 Å². The van der Waals surface area contributed by atoms with Crippen molar-refractivity contribution in [2.24, 2.45) is 0 Å². The van der Waals surface area contributed by atoms with E-state index >= 15 is 0 Å². The highest BCUT2D eigenvalue weighted by Gasteiger charge is 2.27. The molecule has 1 aliphatic heterocycles. The number of amides is 1. The molecule has 1 aliphatic rings. The molecule has 1 aromatic carbocycles. The first-order valence-electron chi connectivity index (χ1n) is 10.5. The molecular formula is C22H25N5O4S. The number of aliphatic hydroxyl groups excluding tert-OH is 1. The zero-order valence-corrected chi connectivity index (χ0v) is 18.5. The molecule has 1 saturated heterocycles. The molecule has 32 heavy (non-hydrogen) atoms. The summed E-state index contributed by atoms with van der Waals surface area (Å²) in [6, 6.07) is 9.16. The van der Waals surface area contributed by atoms with Crippen LogP contribution in [0.25, 0.3) is 10.2 Å². The second kappa shape index (κ2) is 9.49. The summed E-state index contributed by atoms with van der Waals surface area (Å²) in [5, 5.41) is 12.7. The van der Waals surface area contributed by atoms with E-state index in [1.54, 1.807) is 17.2 Å². The van der Waals surface area contributed by atoms with Gasteiger partial charge in [0.15, 0.2) is 0 Å². The van der Waals surface area contributed by atoms with Crippen LogP contribution in [0.3, 0.4) is 0 Å². The molecule has 1 amide bonds. The van der Waals surface area contributed by atoms with Crippen molar-refractivity contribution in [3.05, 3.63) is 46.8 Å². The molecule has 1 atom stereocenters. The first-order chi connectivity index (χ1) is 15.5. The summed E-state index contributed by atoms with van der Waals surface area (Å²) in [5.41, 5.74) is 7.06. The van der Waals surface area contributed by atoms with Crippen LogP contribution in [0, 0.1) is 0 Å².